The molecule has 6 heteroatoms. The highest BCUT2D eigenvalue weighted by atomic mass is 19.1. The number of rotatable bonds is 3. The molecule has 0 saturated heterocycles. The Labute approximate surface area is 142 Å². The number of amides is 1. The minimum Gasteiger partial charge on any atom is -0.349 e. The van der Waals surface area contributed by atoms with Crippen molar-refractivity contribution in [1.29, 1.82) is 0 Å². The van der Waals surface area contributed by atoms with Crippen molar-refractivity contribution in [2.45, 2.75) is 37.6 Å². The third-order valence-corrected chi connectivity index (χ3v) is 4.64. The van der Waals surface area contributed by atoms with Crippen molar-refractivity contribution in [3.05, 3.63) is 70.8 Å². The van der Waals surface area contributed by atoms with Crippen LogP contribution in [0, 0.1) is 23.3 Å². The first-order valence-corrected chi connectivity index (χ1v) is 8.18. The maximum Gasteiger partial charge on any atom is 0.257 e. The zero-order chi connectivity index (χ0) is 18.0. The van der Waals surface area contributed by atoms with Crippen molar-refractivity contribution in [2.24, 2.45) is 0 Å². The third-order valence-electron chi connectivity index (χ3n) is 4.64. The van der Waals surface area contributed by atoms with Gasteiger partial charge in [-0.1, -0.05) is 25.0 Å². The minimum atomic E-state index is -0.970. The van der Waals surface area contributed by atoms with Gasteiger partial charge in [0.15, 0.2) is 0 Å². The Morgan fingerprint density at radius 2 is 1.36 bits per heavy atom. The minimum absolute atomic E-state index is 0.0819. The average Bonchev–Trinajstić information content (AvgIpc) is 2.56. The maximum atomic E-state index is 14.1. The van der Waals surface area contributed by atoms with Gasteiger partial charge in [-0.3, -0.25) is 4.79 Å². The van der Waals surface area contributed by atoms with Crippen LogP contribution < -0.4 is 5.32 Å². The SMILES string of the molecule is O=C(N[C@H]1CCCC[C@@H]1c1c(F)cccc1F)c1c(F)cccc1F. The number of hydrogen-bond donors (Lipinski definition) is 1. The maximum absolute atomic E-state index is 14.1. The van der Waals surface area contributed by atoms with Gasteiger partial charge >= 0.3 is 0 Å². The van der Waals surface area contributed by atoms with E-state index < -0.39 is 46.7 Å². The fourth-order valence-corrected chi connectivity index (χ4v) is 3.47. The lowest BCUT2D eigenvalue weighted by molar-refractivity contribution is 0.0911. The molecule has 0 radical (unpaired) electrons. The largest absolute Gasteiger partial charge is 0.349 e. The van der Waals surface area contributed by atoms with Gasteiger partial charge in [0.1, 0.15) is 28.8 Å². The number of nitrogens with one attached hydrogen (secondary N) is 1. The molecular formula is C19H17F4NO. The van der Waals surface area contributed by atoms with Crippen LogP contribution in [0.3, 0.4) is 0 Å². The van der Waals surface area contributed by atoms with Gasteiger partial charge in [0, 0.05) is 17.5 Å². The molecule has 0 bridgehead atoms. The highest BCUT2D eigenvalue weighted by Gasteiger charge is 2.32. The molecule has 132 valence electrons. The Morgan fingerprint density at radius 1 is 0.840 bits per heavy atom. The van der Waals surface area contributed by atoms with Crippen LogP contribution in [-0.4, -0.2) is 11.9 Å². The van der Waals surface area contributed by atoms with E-state index in [1.165, 1.54) is 24.3 Å². The fraction of sp³-hybridized carbons (Fsp3) is 0.316. The van der Waals surface area contributed by atoms with Crippen molar-refractivity contribution >= 4 is 5.91 Å². The number of benzene rings is 2. The van der Waals surface area contributed by atoms with Crippen LogP contribution in [0.5, 0.6) is 0 Å². The van der Waals surface area contributed by atoms with Crippen LogP contribution in [0.1, 0.15) is 47.5 Å². The second kappa shape index (κ2) is 7.25. The van der Waals surface area contributed by atoms with Crippen LogP contribution >= 0.6 is 0 Å². The van der Waals surface area contributed by atoms with E-state index in [-0.39, 0.29) is 5.56 Å². The lowest BCUT2D eigenvalue weighted by Gasteiger charge is -2.33. The smallest absolute Gasteiger partial charge is 0.257 e. The van der Waals surface area contributed by atoms with Crippen molar-refractivity contribution in [2.75, 3.05) is 0 Å². The first kappa shape index (κ1) is 17.5. The van der Waals surface area contributed by atoms with Gasteiger partial charge in [0.05, 0.1) is 0 Å². The second-order valence-corrected chi connectivity index (χ2v) is 6.20. The van der Waals surface area contributed by atoms with E-state index in [4.69, 9.17) is 0 Å². The number of carbonyl (C=O) groups excluding carboxylic acids is 1. The summed E-state index contributed by atoms with van der Waals surface area (Å²) in [6, 6.07) is 6.18. The standard InChI is InChI=1S/C19H17F4NO/c20-12-6-3-7-13(21)17(12)11-5-1-2-10-16(11)24-19(25)18-14(22)8-4-9-15(18)23/h3-4,6-9,11,16H,1-2,5,10H2,(H,24,25)/t11-,16-/m0/s1. The topological polar surface area (TPSA) is 29.1 Å². The molecule has 1 aliphatic rings. The molecule has 1 saturated carbocycles. The van der Waals surface area contributed by atoms with Crippen LogP contribution in [0.25, 0.3) is 0 Å². The monoisotopic (exact) mass is 351 g/mol. The predicted octanol–water partition coefficient (Wildman–Crippen LogP) is 4.70. The molecule has 0 heterocycles. The Kier molecular flexibility index (Phi) is 5.06. The van der Waals surface area contributed by atoms with Gasteiger partial charge in [-0.15, -0.1) is 0 Å². The summed E-state index contributed by atoms with van der Waals surface area (Å²) in [6.07, 6.45) is 2.50. The molecule has 1 fully saturated rings. The molecule has 1 N–H and O–H groups in total. The molecule has 0 spiro atoms. The van der Waals surface area contributed by atoms with Crippen LogP contribution in [0.4, 0.5) is 17.6 Å². The van der Waals surface area contributed by atoms with E-state index in [0.717, 1.165) is 25.0 Å². The Hall–Kier alpha value is -2.37. The lowest BCUT2D eigenvalue weighted by atomic mass is 9.79. The van der Waals surface area contributed by atoms with E-state index in [1.54, 1.807) is 0 Å². The van der Waals surface area contributed by atoms with E-state index in [2.05, 4.69) is 5.32 Å². The lowest BCUT2D eigenvalue weighted by Crippen LogP contribution is -2.42. The molecule has 2 aromatic rings. The van der Waals surface area contributed by atoms with E-state index in [1.807, 2.05) is 0 Å². The summed E-state index contributed by atoms with van der Waals surface area (Å²) >= 11 is 0. The number of hydrogen-bond acceptors (Lipinski definition) is 1. The summed E-state index contributed by atoms with van der Waals surface area (Å²) in [7, 11) is 0. The molecule has 3 rings (SSSR count). The molecular weight excluding hydrogens is 334 g/mol. The van der Waals surface area contributed by atoms with Gasteiger partial charge in [0.2, 0.25) is 0 Å². The van der Waals surface area contributed by atoms with E-state index in [0.29, 0.717) is 12.8 Å². The number of halogens is 4. The summed E-state index contributed by atoms with van der Waals surface area (Å²) in [5.74, 6) is -4.78. The van der Waals surface area contributed by atoms with Crippen molar-refractivity contribution in [1.82, 2.24) is 5.32 Å². The van der Waals surface area contributed by atoms with Crippen LogP contribution in [0.15, 0.2) is 36.4 Å². The Balaban J connectivity index is 1.88. The zero-order valence-corrected chi connectivity index (χ0v) is 13.4. The zero-order valence-electron chi connectivity index (χ0n) is 13.4. The van der Waals surface area contributed by atoms with Crippen LogP contribution in [0.2, 0.25) is 0 Å². The third kappa shape index (κ3) is 3.52. The number of carbonyl (C=O) groups is 1. The van der Waals surface area contributed by atoms with Gasteiger partial charge in [-0.25, -0.2) is 17.6 Å². The molecule has 2 aromatic carbocycles. The van der Waals surface area contributed by atoms with Gasteiger partial charge in [-0.05, 0) is 37.1 Å². The molecule has 2 atom stereocenters. The molecule has 0 aromatic heterocycles. The predicted molar refractivity (Wildman–Crippen MR) is 85.2 cm³/mol. The first-order chi connectivity index (χ1) is 12.0. The second-order valence-electron chi connectivity index (χ2n) is 6.20. The fourth-order valence-electron chi connectivity index (χ4n) is 3.47. The summed E-state index contributed by atoms with van der Waals surface area (Å²) in [6.45, 7) is 0. The Morgan fingerprint density at radius 3 is 1.96 bits per heavy atom. The van der Waals surface area contributed by atoms with Crippen LogP contribution in [-0.2, 0) is 0 Å². The van der Waals surface area contributed by atoms with Gasteiger partial charge in [-0.2, -0.15) is 0 Å². The summed E-state index contributed by atoms with van der Waals surface area (Å²) < 4.78 is 55.8. The molecule has 2 nitrogen and oxygen atoms in total. The molecule has 0 unspecified atom stereocenters. The molecule has 25 heavy (non-hydrogen) atoms. The highest BCUT2D eigenvalue weighted by Crippen LogP contribution is 2.36. The normalized spacial score (nSPS) is 20.3. The quantitative estimate of drug-likeness (QED) is 0.798. The summed E-state index contributed by atoms with van der Waals surface area (Å²) in [4.78, 5) is 12.3. The van der Waals surface area contributed by atoms with Gasteiger partial charge < -0.3 is 5.32 Å². The van der Waals surface area contributed by atoms with Crippen molar-refractivity contribution in [3.63, 3.8) is 0 Å². The van der Waals surface area contributed by atoms with Crippen molar-refractivity contribution in [3.8, 4) is 0 Å². The van der Waals surface area contributed by atoms with E-state index >= 15 is 0 Å². The molecule has 1 aliphatic carbocycles. The Bertz CT molecular complexity index is 752. The van der Waals surface area contributed by atoms with Gasteiger partial charge in [0.25, 0.3) is 5.91 Å². The average molecular weight is 351 g/mol. The molecule has 0 aliphatic heterocycles. The highest BCUT2D eigenvalue weighted by molar-refractivity contribution is 5.95. The van der Waals surface area contributed by atoms with E-state index in [9.17, 15) is 22.4 Å². The van der Waals surface area contributed by atoms with Crippen molar-refractivity contribution < 1.29 is 22.4 Å². The first-order valence-electron chi connectivity index (χ1n) is 8.18. The molecule has 1 amide bonds. The summed E-state index contributed by atoms with van der Waals surface area (Å²) in [5.41, 5.74) is -0.762. The summed E-state index contributed by atoms with van der Waals surface area (Å²) in [5, 5.41) is 2.57.